The molecule has 1 fully saturated rings. The largest absolute Gasteiger partial charge is 0.419 e. The van der Waals surface area contributed by atoms with Crippen molar-refractivity contribution in [2.75, 3.05) is 5.75 Å². The van der Waals surface area contributed by atoms with Gasteiger partial charge in [-0.2, -0.15) is 0 Å². The van der Waals surface area contributed by atoms with Crippen LogP contribution >= 0.6 is 23.4 Å². The van der Waals surface area contributed by atoms with Crippen LogP contribution in [0.1, 0.15) is 24.3 Å². The molecule has 1 amide bonds. The van der Waals surface area contributed by atoms with E-state index in [0.29, 0.717) is 29.1 Å². The lowest BCUT2D eigenvalue weighted by molar-refractivity contribution is -0.129. The normalized spacial score (nSPS) is 13.5. The summed E-state index contributed by atoms with van der Waals surface area (Å²) in [6, 6.07) is 15.7. The predicted molar refractivity (Wildman–Crippen MR) is 110 cm³/mol. The molecule has 1 aliphatic carbocycles. The van der Waals surface area contributed by atoms with Gasteiger partial charge < -0.3 is 9.32 Å². The van der Waals surface area contributed by atoms with Gasteiger partial charge >= 0.3 is 0 Å². The Kier molecular flexibility index (Phi) is 5.69. The number of hydrogen-bond donors (Lipinski definition) is 0. The van der Waals surface area contributed by atoms with E-state index in [-0.39, 0.29) is 11.9 Å². The number of thioether (sulfide) groups is 1. The van der Waals surface area contributed by atoms with E-state index < -0.39 is 0 Å². The maximum absolute atomic E-state index is 12.8. The predicted octanol–water partition coefficient (Wildman–Crippen LogP) is 4.98. The Morgan fingerprint density at radius 2 is 1.86 bits per heavy atom. The Hall–Kier alpha value is -2.31. The molecule has 1 saturated carbocycles. The summed E-state index contributed by atoms with van der Waals surface area (Å²) in [6.45, 7) is 2.40. The van der Waals surface area contributed by atoms with Gasteiger partial charge in [0.1, 0.15) is 0 Å². The van der Waals surface area contributed by atoms with Crippen LogP contribution in [0.4, 0.5) is 0 Å². The van der Waals surface area contributed by atoms with Crippen LogP contribution in [0.3, 0.4) is 0 Å². The third-order valence-corrected chi connectivity index (χ3v) is 5.80. The second-order valence-corrected chi connectivity index (χ2v) is 8.35. The molecular formula is C21H20ClN3O2S. The van der Waals surface area contributed by atoms with Crippen LogP contribution in [0.2, 0.25) is 5.02 Å². The van der Waals surface area contributed by atoms with Gasteiger partial charge in [0.25, 0.3) is 0 Å². The van der Waals surface area contributed by atoms with Crippen molar-refractivity contribution in [1.82, 2.24) is 15.1 Å². The van der Waals surface area contributed by atoms with Crippen molar-refractivity contribution in [2.24, 2.45) is 0 Å². The molecule has 2 aromatic carbocycles. The second kappa shape index (κ2) is 8.37. The Bertz CT molecular complexity index is 953. The minimum atomic E-state index is 0.0966. The summed E-state index contributed by atoms with van der Waals surface area (Å²) in [6.07, 6.45) is 2.05. The molecule has 3 aromatic rings. The van der Waals surface area contributed by atoms with Crippen molar-refractivity contribution in [2.45, 2.75) is 37.2 Å². The number of carbonyl (C=O) groups is 1. The van der Waals surface area contributed by atoms with Gasteiger partial charge in [-0.1, -0.05) is 29.3 Å². The van der Waals surface area contributed by atoms with Gasteiger partial charge in [0.2, 0.25) is 17.7 Å². The quantitative estimate of drug-likeness (QED) is 0.511. The molecule has 0 aliphatic heterocycles. The summed E-state index contributed by atoms with van der Waals surface area (Å²) in [5, 5.41) is 8.88. The molecular weight excluding hydrogens is 394 g/mol. The van der Waals surface area contributed by atoms with Crippen molar-refractivity contribution < 1.29 is 9.21 Å². The SMILES string of the molecule is Cc1ccc(SCC(=O)N(Cc2nnc(-c3ccc(Cl)cc3)o2)C2CC2)cc1. The average Bonchev–Trinajstić information content (AvgIpc) is 3.44. The molecule has 0 N–H and O–H groups in total. The molecule has 0 atom stereocenters. The Labute approximate surface area is 173 Å². The van der Waals surface area contributed by atoms with Gasteiger partial charge in [-0.15, -0.1) is 22.0 Å². The van der Waals surface area contributed by atoms with Crippen LogP contribution < -0.4 is 0 Å². The van der Waals surface area contributed by atoms with Gasteiger partial charge in [0.15, 0.2) is 0 Å². The van der Waals surface area contributed by atoms with Gasteiger partial charge in [0.05, 0.1) is 12.3 Å². The lowest BCUT2D eigenvalue weighted by Gasteiger charge is -2.20. The number of rotatable bonds is 7. The third-order valence-electron chi connectivity index (χ3n) is 4.55. The van der Waals surface area contributed by atoms with Crippen LogP contribution in [0.25, 0.3) is 11.5 Å². The molecule has 0 radical (unpaired) electrons. The average molecular weight is 414 g/mol. The number of halogens is 1. The fourth-order valence-corrected chi connectivity index (χ4v) is 3.75. The number of hydrogen-bond acceptors (Lipinski definition) is 5. The molecule has 7 heteroatoms. The zero-order chi connectivity index (χ0) is 19.5. The fourth-order valence-electron chi connectivity index (χ4n) is 2.84. The van der Waals surface area contributed by atoms with E-state index in [1.807, 2.05) is 29.2 Å². The highest BCUT2D eigenvalue weighted by Gasteiger charge is 2.33. The Morgan fingerprint density at radius 3 is 2.54 bits per heavy atom. The Balaban J connectivity index is 1.40. The maximum Gasteiger partial charge on any atom is 0.247 e. The van der Waals surface area contributed by atoms with E-state index in [0.717, 1.165) is 23.3 Å². The van der Waals surface area contributed by atoms with E-state index in [4.69, 9.17) is 16.0 Å². The van der Waals surface area contributed by atoms with E-state index in [2.05, 4.69) is 29.3 Å². The summed E-state index contributed by atoms with van der Waals surface area (Å²) in [4.78, 5) is 15.7. The maximum atomic E-state index is 12.8. The first-order valence-electron chi connectivity index (χ1n) is 9.16. The summed E-state index contributed by atoms with van der Waals surface area (Å²) in [5.74, 6) is 1.38. The van der Waals surface area contributed by atoms with Crippen LogP contribution in [0.5, 0.6) is 0 Å². The molecule has 4 rings (SSSR count). The molecule has 28 heavy (non-hydrogen) atoms. The van der Waals surface area contributed by atoms with Gasteiger partial charge in [-0.3, -0.25) is 4.79 Å². The zero-order valence-electron chi connectivity index (χ0n) is 15.5. The standard InChI is InChI=1S/C21H20ClN3O2S/c1-14-2-10-18(11-3-14)28-13-20(26)25(17-8-9-17)12-19-23-24-21(27-19)15-4-6-16(22)7-5-15/h2-7,10-11,17H,8-9,12-13H2,1H3. The lowest BCUT2D eigenvalue weighted by atomic mass is 10.2. The highest BCUT2D eigenvalue weighted by molar-refractivity contribution is 8.00. The van der Waals surface area contributed by atoms with Crippen molar-refractivity contribution in [3.63, 3.8) is 0 Å². The minimum absolute atomic E-state index is 0.0966. The molecule has 0 bridgehead atoms. The summed E-state index contributed by atoms with van der Waals surface area (Å²) >= 11 is 7.47. The molecule has 1 aromatic heterocycles. The number of amides is 1. The number of benzene rings is 2. The second-order valence-electron chi connectivity index (χ2n) is 6.86. The number of carbonyl (C=O) groups excluding carboxylic acids is 1. The molecule has 5 nitrogen and oxygen atoms in total. The first-order chi connectivity index (χ1) is 13.6. The lowest BCUT2D eigenvalue weighted by Crippen LogP contribution is -2.34. The monoisotopic (exact) mass is 413 g/mol. The molecule has 1 aliphatic rings. The first-order valence-corrected chi connectivity index (χ1v) is 10.5. The number of aromatic nitrogens is 2. The molecule has 0 spiro atoms. The van der Waals surface area contributed by atoms with Crippen molar-refractivity contribution in [3.05, 3.63) is 65.0 Å². The van der Waals surface area contributed by atoms with Crippen LogP contribution in [0.15, 0.2) is 57.8 Å². The first kappa shape index (κ1) is 19.0. The van der Waals surface area contributed by atoms with Gasteiger partial charge in [-0.05, 0) is 56.2 Å². The third kappa shape index (κ3) is 4.75. The van der Waals surface area contributed by atoms with E-state index in [1.165, 1.54) is 5.56 Å². The van der Waals surface area contributed by atoms with Crippen LogP contribution in [-0.2, 0) is 11.3 Å². The summed E-state index contributed by atoms with van der Waals surface area (Å²) < 4.78 is 5.78. The topological polar surface area (TPSA) is 59.2 Å². The van der Waals surface area contributed by atoms with Crippen LogP contribution in [0, 0.1) is 6.92 Å². The van der Waals surface area contributed by atoms with Crippen molar-refractivity contribution in [3.8, 4) is 11.5 Å². The minimum Gasteiger partial charge on any atom is -0.419 e. The summed E-state index contributed by atoms with van der Waals surface area (Å²) in [5.41, 5.74) is 2.02. The van der Waals surface area contributed by atoms with E-state index in [9.17, 15) is 4.79 Å². The summed E-state index contributed by atoms with van der Waals surface area (Å²) in [7, 11) is 0. The molecule has 0 unspecified atom stereocenters. The fraction of sp³-hybridized carbons (Fsp3) is 0.286. The van der Waals surface area contributed by atoms with E-state index in [1.54, 1.807) is 23.9 Å². The molecule has 1 heterocycles. The van der Waals surface area contributed by atoms with E-state index >= 15 is 0 Å². The van der Waals surface area contributed by atoms with Gasteiger partial charge in [0, 0.05) is 21.5 Å². The molecule has 144 valence electrons. The zero-order valence-corrected chi connectivity index (χ0v) is 17.0. The Morgan fingerprint density at radius 1 is 1.14 bits per heavy atom. The smallest absolute Gasteiger partial charge is 0.247 e. The molecule has 0 saturated heterocycles. The van der Waals surface area contributed by atoms with Gasteiger partial charge in [-0.25, -0.2) is 0 Å². The van der Waals surface area contributed by atoms with Crippen LogP contribution in [-0.4, -0.2) is 32.8 Å². The number of nitrogens with zero attached hydrogens (tertiary/aromatic N) is 3. The van der Waals surface area contributed by atoms with Crippen molar-refractivity contribution >= 4 is 29.3 Å². The number of aryl methyl sites for hydroxylation is 1. The highest BCUT2D eigenvalue weighted by Crippen LogP contribution is 2.30. The van der Waals surface area contributed by atoms with Crippen molar-refractivity contribution in [1.29, 1.82) is 0 Å². The highest BCUT2D eigenvalue weighted by atomic mass is 35.5.